The normalized spacial score (nSPS) is 18.8. The third-order valence-corrected chi connectivity index (χ3v) is 6.16. The van der Waals surface area contributed by atoms with Crippen molar-refractivity contribution in [2.75, 3.05) is 6.54 Å². The fourth-order valence-corrected chi connectivity index (χ4v) is 4.36. The minimum atomic E-state index is -3.92. The molecule has 1 aromatic rings. The van der Waals surface area contributed by atoms with Crippen molar-refractivity contribution >= 4 is 21.8 Å². The summed E-state index contributed by atoms with van der Waals surface area (Å²) < 4.78 is 42.4. The molecule has 1 amide bonds. The van der Waals surface area contributed by atoms with Crippen LogP contribution in [0.4, 0.5) is 4.39 Å². The second-order valence-corrected chi connectivity index (χ2v) is 8.53. The molecule has 1 aliphatic heterocycles. The van der Waals surface area contributed by atoms with Crippen LogP contribution in [0.2, 0.25) is 0 Å². The number of benzene rings is 1. The van der Waals surface area contributed by atoms with E-state index in [-0.39, 0.29) is 23.7 Å². The number of halogens is 1. The maximum absolute atomic E-state index is 13.1. The number of hydrogen-bond donors (Lipinski definition) is 1. The Morgan fingerprint density at radius 2 is 2.00 bits per heavy atom. The molecule has 0 unspecified atom stereocenters. The third-order valence-electron chi connectivity index (χ3n) is 4.82. The number of allylic oxidation sites excluding steroid dienone is 1. The molecule has 1 heterocycles. The Morgan fingerprint density at radius 1 is 1.25 bits per heavy atom. The highest BCUT2D eigenvalue weighted by Gasteiger charge is 2.28. The fourth-order valence-electron chi connectivity index (χ4n) is 3.26. The summed E-state index contributed by atoms with van der Waals surface area (Å²) in [6.07, 6.45) is 8.91. The zero-order chi connectivity index (χ0) is 20.1. The van der Waals surface area contributed by atoms with Gasteiger partial charge in [0.2, 0.25) is 0 Å². The number of hydrogen-bond acceptors (Lipinski definition) is 3. The van der Waals surface area contributed by atoms with E-state index in [1.165, 1.54) is 55.8 Å². The molecule has 150 valence electrons. The maximum Gasteiger partial charge on any atom is 0.344 e. The Labute approximate surface area is 165 Å². The molecule has 0 atom stereocenters. The lowest BCUT2D eigenvalue weighted by Crippen LogP contribution is -2.35. The minimum absolute atomic E-state index is 0.0247. The van der Waals surface area contributed by atoms with Crippen molar-refractivity contribution in [3.8, 4) is 0 Å². The van der Waals surface area contributed by atoms with Gasteiger partial charge in [-0.2, -0.15) is 8.42 Å². The van der Waals surface area contributed by atoms with Gasteiger partial charge in [-0.3, -0.25) is 9.10 Å². The molecular formula is C20H24FN3O3S. The average molecular weight is 405 g/mol. The molecule has 6 nitrogen and oxygen atoms in total. The number of carbonyl (C=O) groups excluding carboxylic acids is 1. The van der Waals surface area contributed by atoms with Crippen LogP contribution >= 0.6 is 0 Å². The van der Waals surface area contributed by atoms with E-state index in [1.807, 2.05) is 0 Å². The van der Waals surface area contributed by atoms with Gasteiger partial charge in [0, 0.05) is 12.7 Å². The Morgan fingerprint density at radius 3 is 2.68 bits per heavy atom. The molecule has 1 N–H and O–H groups in total. The molecule has 0 aromatic heterocycles. The van der Waals surface area contributed by atoms with Crippen molar-refractivity contribution in [1.29, 1.82) is 0 Å². The van der Waals surface area contributed by atoms with E-state index in [0.717, 1.165) is 23.6 Å². The van der Waals surface area contributed by atoms with E-state index < -0.39 is 16.0 Å². The van der Waals surface area contributed by atoms with Gasteiger partial charge in [0.15, 0.2) is 0 Å². The average Bonchev–Trinajstić information content (AvgIpc) is 2.66. The fraction of sp³-hybridized carbons (Fsp3) is 0.400. The molecule has 1 aromatic carbocycles. The van der Waals surface area contributed by atoms with Crippen LogP contribution in [0.25, 0.3) is 0 Å². The smallest absolute Gasteiger partial charge is 0.344 e. The summed E-state index contributed by atoms with van der Waals surface area (Å²) in [6, 6.07) is 5.53. The molecule has 28 heavy (non-hydrogen) atoms. The number of amides is 1. The Balaban J connectivity index is 1.68. The maximum atomic E-state index is 13.1. The molecule has 1 aliphatic carbocycles. The summed E-state index contributed by atoms with van der Waals surface area (Å²) in [5.74, 6) is -0.750. The molecule has 3 rings (SSSR count). The first-order valence-corrected chi connectivity index (χ1v) is 10.8. The predicted molar refractivity (Wildman–Crippen MR) is 106 cm³/mol. The summed E-state index contributed by atoms with van der Waals surface area (Å²) in [7, 11) is -3.92. The monoisotopic (exact) mass is 405 g/mol. The van der Waals surface area contributed by atoms with E-state index in [4.69, 9.17) is 0 Å². The van der Waals surface area contributed by atoms with Crippen molar-refractivity contribution in [2.45, 2.75) is 45.6 Å². The molecular weight excluding hydrogens is 381 g/mol. The molecule has 2 aliphatic rings. The van der Waals surface area contributed by atoms with Crippen molar-refractivity contribution in [1.82, 2.24) is 9.62 Å². The van der Waals surface area contributed by atoms with Gasteiger partial charge in [0.25, 0.3) is 5.91 Å². The van der Waals surface area contributed by atoms with Gasteiger partial charge in [-0.25, -0.2) is 4.39 Å². The lowest BCUT2D eigenvalue weighted by Gasteiger charge is -2.24. The Kier molecular flexibility index (Phi) is 6.28. The first-order valence-electron chi connectivity index (χ1n) is 9.36. The van der Waals surface area contributed by atoms with Crippen molar-refractivity contribution in [3.05, 3.63) is 59.1 Å². The Bertz CT molecular complexity index is 934. The number of nitrogens with zero attached hydrogens (tertiary/aromatic N) is 2. The van der Waals surface area contributed by atoms with E-state index in [2.05, 4.69) is 15.8 Å². The highest BCUT2D eigenvalue weighted by Crippen LogP contribution is 2.21. The van der Waals surface area contributed by atoms with E-state index in [1.54, 1.807) is 0 Å². The first kappa shape index (κ1) is 20.3. The molecule has 0 bridgehead atoms. The van der Waals surface area contributed by atoms with Crippen LogP contribution in [0, 0.1) is 5.82 Å². The lowest BCUT2D eigenvalue weighted by atomic mass is 9.97. The zero-order valence-corrected chi connectivity index (χ0v) is 16.6. The molecule has 0 radical (unpaired) electrons. The summed E-state index contributed by atoms with van der Waals surface area (Å²) in [5, 5.41) is 2.85. The van der Waals surface area contributed by atoms with Crippen LogP contribution in [-0.2, 0) is 21.5 Å². The van der Waals surface area contributed by atoms with Crippen LogP contribution in [0.5, 0.6) is 0 Å². The molecule has 0 saturated heterocycles. The highest BCUT2D eigenvalue weighted by atomic mass is 32.2. The number of nitrogens with one attached hydrogen (secondary N) is 1. The van der Waals surface area contributed by atoms with E-state index in [0.29, 0.717) is 12.1 Å². The summed E-state index contributed by atoms with van der Waals surface area (Å²) in [5.41, 5.74) is 2.33. The van der Waals surface area contributed by atoms with Gasteiger partial charge in [-0.05, 0) is 56.7 Å². The minimum Gasteiger partial charge on any atom is -0.352 e. The van der Waals surface area contributed by atoms with E-state index >= 15 is 0 Å². The molecule has 0 saturated carbocycles. The van der Waals surface area contributed by atoms with Crippen molar-refractivity contribution in [2.24, 2.45) is 4.40 Å². The van der Waals surface area contributed by atoms with Crippen molar-refractivity contribution < 1.29 is 17.6 Å². The third kappa shape index (κ3) is 5.07. The zero-order valence-electron chi connectivity index (χ0n) is 15.8. The van der Waals surface area contributed by atoms with Crippen molar-refractivity contribution in [3.63, 3.8) is 0 Å². The SMILES string of the molecule is CC1=NS(=O)(=O)N(Cc2ccc(F)cc2)C=C1C(=O)NCCC1=CCCCC1. The van der Waals surface area contributed by atoms with Crippen LogP contribution in [-0.4, -0.2) is 30.9 Å². The second-order valence-electron chi connectivity index (χ2n) is 6.98. The van der Waals surface area contributed by atoms with Gasteiger partial charge in [0.1, 0.15) is 5.82 Å². The van der Waals surface area contributed by atoms with Gasteiger partial charge < -0.3 is 5.32 Å². The topological polar surface area (TPSA) is 78.8 Å². The summed E-state index contributed by atoms with van der Waals surface area (Å²) in [6.45, 7) is 1.98. The molecule has 0 fully saturated rings. The second kappa shape index (κ2) is 8.68. The Hall–Kier alpha value is -2.48. The van der Waals surface area contributed by atoms with Crippen LogP contribution in [0.1, 0.15) is 44.6 Å². The van der Waals surface area contributed by atoms with Gasteiger partial charge in [-0.15, -0.1) is 4.40 Å². The summed E-state index contributed by atoms with van der Waals surface area (Å²) >= 11 is 0. The predicted octanol–water partition coefficient (Wildman–Crippen LogP) is 3.24. The van der Waals surface area contributed by atoms with Crippen LogP contribution in [0.15, 0.2) is 52.1 Å². The van der Waals surface area contributed by atoms with Crippen LogP contribution in [0.3, 0.4) is 0 Å². The molecule has 8 heteroatoms. The van der Waals surface area contributed by atoms with Gasteiger partial charge >= 0.3 is 10.2 Å². The molecule has 0 spiro atoms. The van der Waals surface area contributed by atoms with Gasteiger partial charge in [0.05, 0.1) is 17.8 Å². The lowest BCUT2D eigenvalue weighted by molar-refractivity contribution is -0.117. The largest absolute Gasteiger partial charge is 0.352 e. The van der Waals surface area contributed by atoms with E-state index in [9.17, 15) is 17.6 Å². The van der Waals surface area contributed by atoms with Crippen LogP contribution < -0.4 is 5.32 Å². The quantitative estimate of drug-likeness (QED) is 0.738. The number of carbonyl (C=O) groups is 1. The first-order chi connectivity index (χ1) is 13.3. The highest BCUT2D eigenvalue weighted by molar-refractivity contribution is 7.88. The number of rotatable bonds is 6. The summed E-state index contributed by atoms with van der Waals surface area (Å²) in [4.78, 5) is 12.6. The van der Waals surface area contributed by atoms with Gasteiger partial charge in [-0.1, -0.05) is 23.8 Å². The standard InChI is InChI=1S/C20H24FN3O3S/c1-15-19(20(25)22-12-11-16-5-3-2-4-6-16)14-24(28(26,27)23-15)13-17-7-9-18(21)10-8-17/h5,7-10,14H,2-4,6,11-13H2,1H3,(H,22,25).